The summed E-state index contributed by atoms with van der Waals surface area (Å²) >= 11 is 0. The maximum Gasteiger partial charge on any atom is 0.328 e. The quantitative estimate of drug-likeness (QED) is 0.633. The van der Waals surface area contributed by atoms with Gasteiger partial charge in [-0.15, -0.1) is 0 Å². The third kappa shape index (κ3) is 3.59. The van der Waals surface area contributed by atoms with E-state index in [1.54, 1.807) is 0 Å². The molecule has 0 aromatic rings. The Morgan fingerprint density at radius 1 is 1.69 bits per heavy atom. The summed E-state index contributed by atoms with van der Waals surface area (Å²) in [4.78, 5) is 10.3. The van der Waals surface area contributed by atoms with Gasteiger partial charge in [-0.05, 0) is 19.3 Å². The van der Waals surface area contributed by atoms with Crippen LogP contribution in [0.2, 0.25) is 0 Å². The van der Waals surface area contributed by atoms with E-state index in [2.05, 4.69) is 12.2 Å². The predicted molar refractivity (Wildman–Crippen MR) is 51.6 cm³/mol. The summed E-state index contributed by atoms with van der Waals surface area (Å²) < 4.78 is 0. The Hall–Kier alpha value is -0.830. The third-order valence-corrected chi connectivity index (χ3v) is 2.46. The highest BCUT2D eigenvalue weighted by Gasteiger charge is 2.34. The van der Waals surface area contributed by atoms with E-state index in [0.717, 1.165) is 11.5 Å². The Labute approximate surface area is 78.8 Å². The van der Waals surface area contributed by atoms with Crippen molar-refractivity contribution in [1.82, 2.24) is 5.32 Å². The number of carbonyl (C=O) groups is 1. The Kier molecular flexibility index (Phi) is 3.48. The third-order valence-electron chi connectivity index (χ3n) is 2.46. The van der Waals surface area contributed by atoms with E-state index in [1.165, 1.54) is 18.9 Å². The first-order valence-corrected chi connectivity index (χ1v) is 4.77. The number of carboxylic acids is 1. The average molecular weight is 183 g/mol. The van der Waals surface area contributed by atoms with Crippen LogP contribution < -0.4 is 5.32 Å². The fourth-order valence-corrected chi connectivity index (χ4v) is 1.50. The topological polar surface area (TPSA) is 49.3 Å². The lowest BCUT2D eigenvalue weighted by molar-refractivity contribution is -0.131. The molecule has 13 heavy (non-hydrogen) atoms. The van der Waals surface area contributed by atoms with Crippen molar-refractivity contribution in [3.8, 4) is 0 Å². The van der Waals surface area contributed by atoms with Gasteiger partial charge in [0.25, 0.3) is 0 Å². The average Bonchev–Trinajstić information content (AvgIpc) is 2.78. The molecule has 74 valence electrons. The molecule has 1 fully saturated rings. The monoisotopic (exact) mass is 183 g/mol. The number of rotatable bonds is 5. The fourth-order valence-electron chi connectivity index (χ4n) is 1.50. The van der Waals surface area contributed by atoms with E-state index >= 15 is 0 Å². The molecule has 1 aliphatic rings. The van der Waals surface area contributed by atoms with Crippen LogP contribution in [0.4, 0.5) is 0 Å². The van der Waals surface area contributed by atoms with Gasteiger partial charge in [0.15, 0.2) is 0 Å². The van der Waals surface area contributed by atoms with Crippen LogP contribution in [0.3, 0.4) is 0 Å². The minimum atomic E-state index is -0.859. The van der Waals surface area contributed by atoms with Crippen molar-refractivity contribution in [2.24, 2.45) is 5.92 Å². The molecule has 1 saturated carbocycles. The Balaban J connectivity index is 2.16. The summed E-state index contributed by atoms with van der Waals surface area (Å²) in [6, 6.07) is 0.627. The van der Waals surface area contributed by atoms with E-state index in [9.17, 15) is 4.79 Å². The molecule has 2 N–H and O–H groups in total. The van der Waals surface area contributed by atoms with Gasteiger partial charge in [-0.2, -0.15) is 0 Å². The van der Waals surface area contributed by atoms with E-state index in [0.29, 0.717) is 12.6 Å². The van der Waals surface area contributed by atoms with E-state index in [1.807, 2.05) is 6.92 Å². The zero-order chi connectivity index (χ0) is 9.84. The fraction of sp³-hybridized carbons (Fsp3) is 0.700. The molecule has 0 amide bonds. The second-order valence-corrected chi connectivity index (χ2v) is 3.72. The lowest BCUT2D eigenvalue weighted by Gasteiger charge is -2.02. The molecule has 1 rings (SSSR count). The summed E-state index contributed by atoms with van der Waals surface area (Å²) in [5, 5.41) is 11.8. The molecule has 0 saturated heterocycles. The number of carboxylic acid groups (broad SMARTS) is 1. The van der Waals surface area contributed by atoms with Crippen molar-refractivity contribution in [2.75, 3.05) is 6.54 Å². The Morgan fingerprint density at radius 2 is 2.38 bits per heavy atom. The van der Waals surface area contributed by atoms with E-state index in [-0.39, 0.29) is 0 Å². The van der Waals surface area contributed by atoms with Gasteiger partial charge in [0.05, 0.1) is 0 Å². The summed E-state index contributed by atoms with van der Waals surface area (Å²) in [6.07, 6.45) is 3.73. The molecule has 2 atom stereocenters. The molecular weight excluding hydrogens is 166 g/mol. The van der Waals surface area contributed by atoms with Gasteiger partial charge in [-0.1, -0.05) is 18.9 Å². The highest BCUT2D eigenvalue weighted by molar-refractivity contribution is 5.80. The predicted octanol–water partition coefficient (Wildman–Crippen LogP) is 1.41. The van der Waals surface area contributed by atoms with Crippen LogP contribution in [-0.2, 0) is 4.79 Å². The Bertz CT molecular complexity index is 223. The minimum Gasteiger partial charge on any atom is -0.478 e. The standard InChI is InChI=1S/C10H17NO2/c1-3-8-5-9(8)11-6-7(2)4-10(12)13/h4,8-9,11H,3,5-6H2,1-2H3,(H,12,13). The number of nitrogens with one attached hydrogen (secondary N) is 1. The number of aliphatic carboxylic acids is 1. The van der Waals surface area contributed by atoms with Crippen LogP contribution in [0, 0.1) is 5.92 Å². The molecule has 1 aliphatic carbocycles. The number of hydrogen-bond donors (Lipinski definition) is 2. The molecule has 0 aromatic heterocycles. The van der Waals surface area contributed by atoms with Gasteiger partial charge < -0.3 is 10.4 Å². The van der Waals surface area contributed by atoms with Crippen molar-refractivity contribution < 1.29 is 9.90 Å². The molecule has 3 nitrogen and oxygen atoms in total. The van der Waals surface area contributed by atoms with Crippen molar-refractivity contribution in [3.05, 3.63) is 11.6 Å². The van der Waals surface area contributed by atoms with Crippen LogP contribution in [0.1, 0.15) is 26.7 Å². The smallest absolute Gasteiger partial charge is 0.328 e. The SMILES string of the molecule is CCC1CC1NCC(C)=CC(=O)O. The van der Waals surface area contributed by atoms with Crippen molar-refractivity contribution in [3.63, 3.8) is 0 Å². The number of hydrogen-bond acceptors (Lipinski definition) is 2. The summed E-state index contributed by atoms with van der Waals surface area (Å²) in [5.74, 6) is -0.0419. The molecule has 0 radical (unpaired) electrons. The zero-order valence-corrected chi connectivity index (χ0v) is 8.21. The highest BCUT2D eigenvalue weighted by Crippen LogP contribution is 2.32. The van der Waals surface area contributed by atoms with Crippen molar-refractivity contribution in [1.29, 1.82) is 0 Å². The molecule has 3 heteroatoms. The van der Waals surface area contributed by atoms with Gasteiger partial charge in [-0.3, -0.25) is 0 Å². The van der Waals surface area contributed by atoms with Gasteiger partial charge in [0.1, 0.15) is 0 Å². The lowest BCUT2D eigenvalue weighted by atomic mass is 10.2. The molecule has 0 bridgehead atoms. The van der Waals surface area contributed by atoms with Crippen LogP contribution in [-0.4, -0.2) is 23.7 Å². The van der Waals surface area contributed by atoms with E-state index < -0.39 is 5.97 Å². The first-order valence-electron chi connectivity index (χ1n) is 4.77. The van der Waals surface area contributed by atoms with Crippen LogP contribution in [0.25, 0.3) is 0 Å². The Morgan fingerprint density at radius 3 is 2.85 bits per heavy atom. The zero-order valence-electron chi connectivity index (χ0n) is 8.21. The second-order valence-electron chi connectivity index (χ2n) is 3.72. The summed E-state index contributed by atoms with van der Waals surface area (Å²) in [6.45, 7) is 4.73. The molecule has 0 spiro atoms. The van der Waals surface area contributed by atoms with Crippen LogP contribution >= 0.6 is 0 Å². The van der Waals surface area contributed by atoms with Gasteiger partial charge in [0, 0.05) is 18.7 Å². The first kappa shape index (κ1) is 10.3. The molecule has 2 unspecified atom stereocenters. The second kappa shape index (κ2) is 4.42. The maximum atomic E-state index is 10.3. The van der Waals surface area contributed by atoms with E-state index in [4.69, 9.17) is 5.11 Å². The van der Waals surface area contributed by atoms with Gasteiger partial charge in [0.2, 0.25) is 0 Å². The summed E-state index contributed by atoms with van der Waals surface area (Å²) in [7, 11) is 0. The molecule has 0 heterocycles. The summed E-state index contributed by atoms with van der Waals surface area (Å²) in [5.41, 5.74) is 0.884. The van der Waals surface area contributed by atoms with Gasteiger partial charge >= 0.3 is 5.97 Å². The maximum absolute atomic E-state index is 10.3. The van der Waals surface area contributed by atoms with Crippen LogP contribution in [0.15, 0.2) is 11.6 Å². The minimum absolute atomic E-state index is 0.627. The highest BCUT2D eigenvalue weighted by atomic mass is 16.4. The molecular formula is C10H17NO2. The van der Waals surface area contributed by atoms with Crippen LogP contribution in [0.5, 0.6) is 0 Å². The van der Waals surface area contributed by atoms with Gasteiger partial charge in [-0.25, -0.2) is 4.79 Å². The molecule has 0 aliphatic heterocycles. The van der Waals surface area contributed by atoms with Crippen molar-refractivity contribution >= 4 is 5.97 Å². The first-order chi connectivity index (χ1) is 6.13. The lowest BCUT2D eigenvalue weighted by Crippen LogP contribution is -2.20. The van der Waals surface area contributed by atoms with Crippen molar-refractivity contribution in [2.45, 2.75) is 32.7 Å². The largest absolute Gasteiger partial charge is 0.478 e. The molecule has 0 aromatic carbocycles. The normalized spacial score (nSPS) is 27.4.